The van der Waals surface area contributed by atoms with Gasteiger partial charge in [0.2, 0.25) is 0 Å². The van der Waals surface area contributed by atoms with E-state index in [0.717, 1.165) is 23.1 Å². The highest BCUT2D eigenvalue weighted by molar-refractivity contribution is 6.09. The van der Waals surface area contributed by atoms with Gasteiger partial charge in [0, 0.05) is 0 Å². The number of guanidine groups is 1. The van der Waals surface area contributed by atoms with E-state index in [0.29, 0.717) is 6.54 Å². The molecular formula is C24H23N3O. The number of aliphatic imine (C=N–C) groups is 1. The Morgan fingerprint density at radius 1 is 0.821 bits per heavy atom. The molecule has 140 valence electrons. The Labute approximate surface area is 165 Å². The third-order valence-electron chi connectivity index (χ3n) is 5.27. The normalized spacial score (nSPS) is 15.5. The Kier molecular flexibility index (Phi) is 4.70. The summed E-state index contributed by atoms with van der Waals surface area (Å²) in [7, 11) is 0. The van der Waals surface area contributed by atoms with E-state index in [1.54, 1.807) is 4.90 Å². The van der Waals surface area contributed by atoms with Crippen LogP contribution in [0.5, 0.6) is 0 Å². The summed E-state index contributed by atoms with van der Waals surface area (Å²) in [5, 5.41) is 0. The first-order chi connectivity index (χ1) is 13.6. The lowest BCUT2D eigenvalue weighted by Gasteiger charge is -2.27. The molecule has 0 spiro atoms. The summed E-state index contributed by atoms with van der Waals surface area (Å²) < 4.78 is 0. The van der Waals surface area contributed by atoms with Crippen molar-refractivity contribution in [1.29, 1.82) is 0 Å². The van der Waals surface area contributed by atoms with Gasteiger partial charge in [0.1, 0.15) is 0 Å². The fourth-order valence-electron chi connectivity index (χ4n) is 3.70. The van der Waals surface area contributed by atoms with Gasteiger partial charge < -0.3 is 5.73 Å². The van der Waals surface area contributed by atoms with E-state index in [1.807, 2.05) is 72.8 Å². The maximum Gasteiger partial charge on any atom is 0.266 e. The van der Waals surface area contributed by atoms with Crippen LogP contribution in [0.4, 0.5) is 0 Å². The van der Waals surface area contributed by atoms with Crippen LogP contribution in [-0.4, -0.2) is 16.8 Å². The summed E-state index contributed by atoms with van der Waals surface area (Å²) in [5.41, 5.74) is 9.06. The Bertz CT molecular complexity index is 956. The van der Waals surface area contributed by atoms with E-state index in [2.05, 4.69) is 19.1 Å². The molecule has 1 aliphatic rings. The van der Waals surface area contributed by atoms with E-state index >= 15 is 0 Å². The lowest BCUT2D eigenvalue weighted by atomic mass is 9.83. The van der Waals surface area contributed by atoms with Gasteiger partial charge in [-0.25, -0.2) is 4.99 Å². The Hall–Kier alpha value is -3.40. The number of amides is 1. The summed E-state index contributed by atoms with van der Waals surface area (Å²) in [6.07, 6.45) is 0.984. The van der Waals surface area contributed by atoms with Gasteiger partial charge in [0.15, 0.2) is 11.5 Å². The lowest BCUT2D eigenvalue weighted by molar-refractivity contribution is -0.130. The molecule has 0 radical (unpaired) electrons. The number of nitrogens with zero attached hydrogens (tertiary/aromatic N) is 2. The summed E-state index contributed by atoms with van der Waals surface area (Å²) in [5.74, 6) is 0.124. The number of rotatable bonds is 5. The molecular weight excluding hydrogens is 346 g/mol. The van der Waals surface area contributed by atoms with E-state index < -0.39 is 5.54 Å². The highest BCUT2D eigenvalue weighted by atomic mass is 16.2. The van der Waals surface area contributed by atoms with Crippen molar-refractivity contribution in [2.24, 2.45) is 10.7 Å². The Balaban J connectivity index is 1.76. The SMILES string of the molecule is CCc1ccc(CN2C(=O)C(c3ccccc3)(c3ccccc3)N=C2N)cc1. The fraction of sp³-hybridized carbons (Fsp3) is 0.167. The van der Waals surface area contributed by atoms with Crippen molar-refractivity contribution in [2.45, 2.75) is 25.4 Å². The highest BCUT2D eigenvalue weighted by Crippen LogP contribution is 2.39. The van der Waals surface area contributed by atoms with Crippen molar-refractivity contribution in [2.75, 3.05) is 0 Å². The second-order valence-electron chi connectivity index (χ2n) is 6.97. The molecule has 4 rings (SSSR count). The molecule has 3 aromatic carbocycles. The van der Waals surface area contributed by atoms with Crippen LogP contribution < -0.4 is 5.73 Å². The zero-order chi connectivity index (χ0) is 19.6. The minimum atomic E-state index is -1.14. The lowest BCUT2D eigenvalue weighted by Crippen LogP contribution is -2.43. The molecule has 3 aromatic rings. The summed E-state index contributed by atoms with van der Waals surface area (Å²) in [6, 6.07) is 27.5. The zero-order valence-corrected chi connectivity index (χ0v) is 15.9. The molecule has 0 saturated heterocycles. The van der Waals surface area contributed by atoms with Crippen molar-refractivity contribution in [3.05, 3.63) is 107 Å². The highest BCUT2D eigenvalue weighted by Gasteiger charge is 2.50. The van der Waals surface area contributed by atoms with Gasteiger partial charge in [0.05, 0.1) is 6.54 Å². The predicted octanol–water partition coefficient (Wildman–Crippen LogP) is 3.85. The molecule has 1 aliphatic heterocycles. The van der Waals surface area contributed by atoms with Crippen LogP contribution in [0.1, 0.15) is 29.2 Å². The van der Waals surface area contributed by atoms with Crippen LogP contribution in [0, 0.1) is 0 Å². The van der Waals surface area contributed by atoms with Gasteiger partial charge in [-0.3, -0.25) is 9.69 Å². The van der Waals surface area contributed by atoms with E-state index in [4.69, 9.17) is 10.7 Å². The smallest absolute Gasteiger partial charge is 0.266 e. The molecule has 0 fully saturated rings. The first-order valence-electron chi connectivity index (χ1n) is 9.51. The maximum atomic E-state index is 13.7. The van der Waals surface area contributed by atoms with Crippen molar-refractivity contribution in [3.63, 3.8) is 0 Å². The molecule has 1 heterocycles. The number of benzene rings is 3. The maximum absolute atomic E-state index is 13.7. The van der Waals surface area contributed by atoms with Gasteiger partial charge >= 0.3 is 0 Å². The first kappa shape index (κ1) is 18.0. The van der Waals surface area contributed by atoms with Crippen molar-refractivity contribution in [1.82, 2.24) is 4.90 Å². The average Bonchev–Trinajstić information content (AvgIpc) is 3.01. The molecule has 0 atom stereocenters. The Morgan fingerprint density at radius 2 is 1.32 bits per heavy atom. The monoisotopic (exact) mass is 369 g/mol. The van der Waals surface area contributed by atoms with Gasteiger partial charge in [-0.05, 0) is 28.7 Å². The van der Waals surface area contributed by atoms with Crippen molar-refractivity contribution < 1.29 is 4.79 Å². The minimum absolute atomic E-state index is 0.123. The first-order valence-corrected chi connectivity index (χ1v) is 9.51. The third kappa shape index (κ3) is 2.97. The average molecular weight is 369 g/mol. The second kappa shape index (κ2) is 7.31. The Morgan fingerprint density at radius 3 is 1.82 bits per heavy atom. The number of nitrogens with two attached hydrogens (primary N) is 1. The standard InChI is InChI=1S/C24H23N3O/c1-2-18-13-15-19(16-14-18)17-27-22(28)24(26-23(27)25,20-9-5-3-6-10-20)21-11-7-4-8-12-21/h3-16H,2,17H2,1H3,(H2,25,26). The molecule has 4 heteroatoms. The van der Waals surface area contributed by atoms with Gasteiger partial charge in [0.25, 0.3) is 5.91 Å². The van der Waals surface area contributed by atoms with E-state index in [-0.39, 0.29) is 11.9 Å². The number of carbonyl (C=O) groups excluding carboxylic acids is 1. The number of aryl methyl sites for hydroxylation is 1. The topological polar surface area (TPSA) is 58.7 Å². The quantitative estimate of drug-likeness (QED) is 0.743. The van der Waals surface area contributed by atoms with Crippen LogP contribution in [0.25, 0.3) is 0 Å². The molecule has 0 unspecified atom stereocenters. The molecule has 0 bridgehead atoms. The summed E-state index contributed by atoms with van der Waals surface area (Å²) >= 11 is 0. The van der Waals surface area contributed by atoms with Gasteiger partial charge in [-0.2, -0.15) is 0 Å². The molecule has 0 aromatic heterocycles. The zero-order valence-electron chi connectivity index (χ0n) is 15.9. The molecule has 2 N–H and O–H groups in total. The molecule has 0 saturated carbocycles. The van der Waals surface area contributed by atoms with Crippen molar-refractivity contribution in [3.8, 4) is 0 Å². The summed E-state index contributed by atoms with van der Waals surface area (Å²) in [6.45, 7) is 2.53. The van der Waals surface area contributed by atoms with Crippen LogP contribution in [-0.2, 0) is 23.3 Å². The van der Waals surface area contributed by atoms with Crippen LogP contribution in [0.3, 0.4) is 0 Å². The van der Waals surface area contributed by atoms with E-state index in [1.165, 1.54) is 5.56 Å². The molecule has 4 nitrogen and oxygen atoms in total. The molecule has 28 heavy (non-hydrogen) atoms. The van der Waals surface area contributed by atoms with Crippen LogP contribution in [0.2, 0.25) is 0 Å². The largest absolute Gasteiger partial charge is 0.369 e. The third-order valence-corrected chi connectivity index (χ3v) is 5.27. The number of carbonyl (C=O) groups is 1. The summed E-state index contributed by atoms with van der Waals surface area (Å²) in [4.78, 5) is 20.0. The molecule has 1 amide bonds. The second-order valence-corrected chi connectivity index (χ2v) is 6.97. The van der Waals surface area contributed by atoms with Crippen LogP contribution in [0.15, 0.2) is 89.9 Å². The van der Waals surface area contributed by atoms with Gasteiger partial charge in [-0.1, -0.05) is 91.9 Å². The van der Waals surface area contributed by atoms with Gasteiger partial charge in [-0.15, -0.1) is 0 Å². The number of hydrogen-bond donors (Lipinski definition) is 1. The van der Waals surface area contributed by atoms with Crippen LogP contribution >= 0.6 is 0 Å². The van der Waals surface area contributed by atoms with E-state index in [9.17, 15) is 4.79 Å². The van der Waals surface area contributed by atoms with Crippen molar-refractivity contribution >= 4 is 11.9 Å². The fourth-order valence-corrected chi connectivity index (χ4v) is 3.70. The molecule has 0 aliphatic carbocycles. The minimum Gasteiger partial charge on any atom is -0.369 e. The predicted molar refractivity (Wildman–Crippen MR) is 112 cm³/mol. The number of hydrogen-bond acceptors (Lipinski definition) is 3.